The molecule has 0 saturated heterocycles. The van der Waals surface area contributed by atoms with E-state index in [1.165, 1.54) is 28.8 Å². The molecule has 1 atom stereocenters. The van der Waals surface area contributed by atoms with Crippen LogP contribution in [0, 0.1) is 0 Å². The molecule has 4 rings (SSSR count). The third kappa shape index (κ3) is 2.07. The SMILES string of the molecule is COc1cc2c(cc1OC)-c1cccc3c1C(C2)[N+](C)(C)CC3. The smallest absolute Gasteiger partial charge is 0.161 e. The first kappa shape index (κ1) is 14.6. The number of benzene rings is 2. The monoisotopic (exact) mass is 310 g/mol. The Morgan fingerprint density at radius 3 is 2.43 bits per heavy atom. The van der Waals surface area contributed by atoms with Crippen LogP contribution in [0.15, 0.2) is 30.3 Å². The molecule has 1 unspecified atom stereocenters. The maximum atomic E-state index is 5.53. The number of ether oxygens (including phenoxy) is 2. The highest BCUT2D eigenvalue weighted by Crippen LogP contribution is 2.49. The van der Waals surface area contributed by atoms with Crippen molar-refractivity contribution < 1.29 is 14.0 Å². The van der Waals surface area contributed by atoms with Crippen LogP contribution in [0.2, 0.25) is 0 Å². The van der Waals surface area contributed by atoms with Gasteiger partial charge >= 0.3 is 0 Å². The minimum Gasteiger partial charge on any atom is -0.493 e. The number of nitrogens with zero attached hydrogens (tertiary/aromatic N) is 1. The van der Waals surface area contributed by atoms with E-state index in [1.807, 2.05) is 0 Å². The van der Waals surface area contributed by atoms with Crippen LogP contribution in [0.25, 0.3) is 11.1 Å². The summed E-state index contributed by atoms with van der Waals surface area (Å²) >= 11 is 0. The van der Waals surface area contributed by atoms with E-state index in [4.69, 9.17) is 9.47 Å². The molecule has 0 spiro atoms. The second-order valence-electron chi connectivity index (χ2n) is 7.21. The average molecular weight is 310 g/mol. The van der Waals surface area contributed by atoms with Crippen LogP contribution >= 0.6 is 0 Å². The molecule has 3 heteroatoms. The number of hydrogen-bond donors (Lipinski definition) is 0. The second-order valence-corrected chi connectivity index (χ2v) is 7.21. The van der Waals surface area contributed by atoms with Gasteiger partial charge < -0.3 is 14.0 Å². The van der Waals surface area contributed by atoms with Crippen LogP contribution in [-0.4, -0.2) is 39.3 Å². The number of quaternary nitrogens is 1. The van der Waals surface area contributed by atoms with E-state index in [0.717, 1.165) is 28.8 Å². The Balaban J connectivity index is 1.98. The molecule has 0 N–H and O–H groups in total. The quantitative estimate of drug-likeness (QED) is 0.789. The summed E-state index contributed by atoms with van der Waals surface area (Å²) in [5.74, 6) is 1.64. The van der Waals surface area contributed by atoms with Crippen molar-refractivity contribution in [2.45, 2.75) is 18.9 Å². The Bertz CT molecular complexity index is 779. The van der Waals surface area contributed by atoms with Crippen LogP contribution in [0.4, 0.5) is 0 Å². The lowest BCUT2D eigenvalue weighted by Crippen LogP contribution is -2.49. The summed E-state index contributed by atoms with van der Waals surface area (Å²) in [6.45, 7) is 1.20. The molecule has 2 aliphatic rings. The van der Waals surface area contributed by atoms with Crippen LogP contribution in [0.3, 0.4) is 0 Å². The first-order valence-electron chi connectivity index (χ1n) is 8.25. The van der Waals surface area contributed by atoms with Gasteiger partial charge in [0.2, 0.25) is 0 Å². The summed E-state index contributed by atoms with van der Waals surface area (Å²) in [5.41, 5.74) is 7.11. The molecular formula is C20H24NO2+. The lowest BCUT2D eigenvalue weighted by atomic mass is 9.76. The minimum atomic E-state index is 0.528. The maximum absolute atomic E-state index is 5.53. The predicted octanol–water partition coefficient (Wildman–Crippen LogP) is 3.60. The van der Waals surface area contributed by atoms with Crippen LogP contribution in [0.1, 0.15) is 22.7 Å². The highest BCUT2D eigenvalue weighted by atomic mass is 16.5. The zero-order chi connectivity index (χ0) is 16.2. The lowest BCUT2D eigenvalue weighted by molar-refractivity contribution is -0.923. The van der Waals surface area contributed by atoms with Crippen molar-refractivity contribution in [1.82, 2.24) is 0 Å². The van der Waals surface area contributed by atoms with Crippen LogP contribution in [-0.2, 0) is 12.8 Å². The summed E-state index contributed by atoms with van der Waals surface area (Å²) in [5, 5.41) is 0. The van der Waals surface area contributed by atoms with Gasteiger partial charge in [-0.25, -0.2) is 0 Å². The normalized spacial score (nSPS) is 20.4. The molecule has 120 valence electrons. The highest BCUT2D eigenvalue weighted by molar-refractivity contribution is 5.77. The fourth-order valence-electron chi connectivity index (χ4n) is 4.27. The molecule has 0 bridgehead atoms. The average Bonchev–Trinajstić information content (AvgIpc) is 2.57. The van der Waals surface area contributed by atoms with Crippen molar-refractivity contribution in [2.75, 3.05) is 34.9 Å². The molecule has 0 saturated carbocycles. The van der Waals surface area contributed by atoms with E-state index in [9.17, 15) is 0 Å². The van der Waals surface area contributed by atoms with Crippen LogP contribution in [0.5, 0.6) is 11.5 Å². The number of fused-ring (bicyclic) bond motifs is 2. The number of hydrogen-bond acceptors (Lipinski definition) is 2. The number of rotatable bonds is 2. The van der Waals surface area contributed by atoms with E-state index >= 15 is 0 Å². The van der Waals surface area contributed by atoms with Crippen LogP contribution < -0.4 is 9.47 Å². The van der Waals surface area contributed by atoms with Crippen molar-refractivity contribution in [3.8, 4) is 22.6 Å². The van der Waals surface area contributed by atoms with Crippen molar-refractivity contribution >= 4 is 0 Å². The Morgan fingerprint density at radius 1 is 0.957 bits per heavy atom. The summed E-state index contributed by atoms with van der Waals surface area (Å²) in [6.07, 6.45) is 2.22. The Morgan fingerprint density at radius 2 is 1.70 bits per heavy atom. The van der Waals surface area contributed by atoms with Gasteiger partial charge in [0.1, 0.15) is 6.04 Å². The molecular weight excluding hydrogens is 286 g/mol. The van der Waals surface area contributed by atoms with E-state index in [1.54, 1.807) is 19.8 Å². The first-order chi connectivity index (χ1) is 11.0. The van der Waals surface area contributed by atoms with Gasteiger partial charge in [0.25, 0.3) is 0 Å². The molecule has 1 heterocycles. The molecule has 0 amide bonds. The fourth-order valence-corrected chi connectivity index (χ4v) is 4.27. The van der Waals surface area contributed by atoms with E-state index in [2.05, 4.69) is 44.4 Å². The van der Waals surface area contributed by atoms with Crippen molar-refractivity contribution in [3.05, 3.63) is 47.0 Å². The van der Waals surface area contributed by atoms with Gasteiger partial charge in [-0.15, -0.1) is 0 Å². The highest BCUT2D eigenvalue weighted by Gasteiger charge is 2.41. The van der Waals surface area contributed by atoms with Gasteiger partial charge in [0.15, 0.2) is 11.5 Å². The maximum Gasteiger partial charge on any atom is 0.161 e. The second kappa shape index (κ2) is 5.00. The molecule has 23 heavy (non-hydrogen) atoms. The molecule has 0 fully saturated rings. The van der Waals surface area contributed by atoms with Gasteiger partial charge in [0.05, 0.1) is 34.9 Å². The van der Waals surface area contributed by atoms with Crippen molar-refractivity contribution in [2.24, 2.45) is 0 Å². The topological polar surface area (TPSA) is 18.5 Å². The largest absolute Gasteiger partial charge is 0.493 e. The molecule has 3 nitrogen and oxygen atoms in total. The third-order valence-corrected chi connectivity index (χ3v) is 5.64. The predicted molar refractivity (Wildman–Crippen MR) is 92.1 cm³/mol. The van der Waals surface area contributed by atoms with E-state index in [0.29, 0.717) is 6.04 Å². The standard InChI is InChI=1S/C20H24NO2/c1-21(2)9-8-13-6-5-7-15-16-12-19(23-4)18(22-3)11-14(16)10-17(21)20(13)15/h5-7,11-12,17H,8-10H2,1-4H3/q+1. The van der Waals surface area contributed by atoms with Crippen molar-refractivity contribution in [1.29, 1.82) is 0 Å². The van der Waals surface area contributed by atoms with Crippen molar-refractivity contribution in [3.63, 3.8) is 0 Å². The molecule has 1 aliphatic heterocycles. The van der Waals surface area contributed by atoms with Gasteiger partial charge in [0, 0.05) is 18.4 Å². The zero-order valence-electron chi connectivity index (χ0n) is 14.3. The van der Waals surface area contributed by atoms with Gasteiger partial charge in [-0.3, -0.25) is 0 Å². The molecule has 1 aliphatic carbocycles. The Hall–Kier alpha value is -2.00. The Labute approximate surface area is 138 Å². The zero-order valence-corrected chi connectivity index (χ0v) is 14.3. The minimum absolute atomic E-state index is 0.528. The van der Waals surface area contributed by atoms with Gasteiger partial charge in [-0.05, 0) is 34.4 Å². The van der Waals surface area contributed by atoms with Gasteiger partial charge in [-0.2, -0.15) is 0 Å². The fraction of sp³-hybridized carbons (Fsp3) is 0.400. The summed E-state index contributed by atoms with van der Waals surface area (Å²) < 4.78 is 12.1. The summed E-state index contributed by atoms with van der Waals surface area (Å²) in [7, 11) is 8.13. The lowest BCUT2D eigenvalue weighted by Gasteiger charge is -2.45. The van der Waals surface area contributed by atoms with E-state index in [-0.39, 0.29) is 0 Å². The number of methoxy groups -OCH3 is 2. The third-order valence-electron chi connectivity index (χ3n) is 5.64. The summed E-state index contributed by atoms with van der Waals surface area (Å²) in [4.78, 5) is 0. The molecule has 2 aromatic rings. The first-order valence-corrected chi connectivity index (χ1v) is 8.25. The summed E-state index contributed by atoms with van der Waals surface area (Å²) in [6, 6.07) is 11.6. The Kier molecular flexibility index (Phi) is 3.17. The molecule has 0 radical (unpaired) electrons. The molecule has 0 aromatic heterocycles. The van der Waals surface area contributed by atoms with Gasteiger partial charge in [-0.1, -0.05) is 18.2 Å². The number of likely N-dealkylation sites (N-methyl/N-ethyl adjacent to an activating group) is 1. The van der Waals surface area contributed by atoms with E-state index < -0.39 is 0 Å². The molecule has 2 aromatic carbocycles.